The summed E-state index contributed by atoms with van der Waals surface area (Å²) in [5, 5.41) is 0. The predicted octanol–water partition coefficient (Wildman–Crippen LogP) is 1.69. The minimum Gasteiger partial charge on any atom is -0.301 e. The number of nitrogens with one attached hydrogen (secondary N) is 2. The maximum absolute atomic E-state index is 12.8. The summed E-state index contributed by atoms with van der Waals surface area (Å²) < 4.78 is 0. The van der Waals surface area contributed by atoms with Crippen molar-refractivity contribution in [2.24, 2.45) is 22.2 Å². The lowest BCUT2D eigenvalue weighted by Gasteiger charge is -2.64. The summed E-state index contributed by atoms with van der Waals surface area (Å²) in [5.41, 5.74) is 5.64. The first-order chi connectivity index (χ1) is 10.1. The van der Waals surface area contributed by atoms with E-state index in [1.165, 1.54) is 19.3 Å². The predicted molar refractivity (Wildman–Crippen MR) is 84.7 cm³/mol. The molecular weight excluding hydrogens is 278 g/mol. The number of amides is 2. The Kier molecular flexibility index (Phi) is 3.55. The fourth-order valence-corrected chi connectivity index (χ4v) is 6.29. The highest BCUT2D eigenvalue weighted by Gasteiger charge is 2.62. The maximum atomic E-state index is 12.8. The molecule has 22 heavy (non-hydrogen) atoms. The highest BCUT2D eigenvalue weighted by Crippen LogP contribution is 2.69. The standard InChI is InChI=1S/C17H29N3O2/c1-15-5-12-6-16(2,9-15)11-17(7-12,10-15)14(22)19-18-13(21)8-20(3)4/h12H,5-11H2,1-4H3,(H,18,21)(H,19,22)/t12?,15-,16+,17?. The average molecular weight is 307 g/mol. The Hall–Kier alpha value is -1.10. The van der Waals surface area contributed by atoms with Crippen LogP contribution in [0.3, 0.4) is 0 Å². The fraction of sp³-hybridized carbons (Fsp3) is 0.882. The second kappa shape index (κ2) is 4.95. The Balaban J connectivity index is 1.68. The van der Waals surface area contributed by atoms with Crippen LogP contribution in [0.15, 0.2) is 0 Å². The molecule has 0 aromatic carbocycles. The molecule has 4 fully saturated rings. The molecule has 124 valence electrons. The lowest BCUT2D eigenvalue weighted by molar-refractivity contribution is -0.171. The first-order valence-electron chi connectivity index (χ1n) is 8.38. The zero-order valence-electron chi connectivity index (χ0n) is 14.3. The smallest absolute Gasteiger partial charge is 0.252 e. The van der Waals surface area contributed by atoms with Crippen molar-refractivity contribution < 1.29 is 9.59 Å². The van der Waals surface area contributed by atoms with Crippen LogP contribution in [-0.2, 0) is 9.59 Å². The zero-order valence-corrected chi connectivity index (χ0v) is 14.3. The SMILES string of the molecule is CN(C)CC(=O)NNC(=O)C12CC3C[C@@](C)(C1)C[C@](C)(C3)C2. The van der Waals surface area contributed by atoms with E-state index in [-0.39, 0.29) is 23.8 Å². The molecule has 0 aromatic rings. The maximum Gasteiger partial charge on any atom is 0.252 e. The van der Waals surface area contributed by atoms with Gasteiger partial charge in [-0.1, -0.05) is 13.8 Å². The number of likely N-dealkylation sites (N-methyl/N-ethyl adjacent to an activating group) is 1. The lowest BCUT2D eigenvalue weighted by Crippen LogP contribution is -2.61. The van der Waals surface area contributed by atoms with Crippen molar-refractivity contribution in [2.45, 2.75) is 52.4 Å². The summed E-state index contributed by atoms with van der Waals surface area (Å²) in [6.45, 7) is 4.98. The van der Waals surface area contributed by atoms with Crippen LogP contribution in [0.2, 0.25) is 0 Å². The fourth-order valence-electron chi connectivity index (χ4n) is 6.29. The Labute approximate surface area is 133 Å². The molecule has 2 unspecified atom stereocenters. The third-order valence-corrected chi connectivity index (χ3v) is 5.88. The molecule has 4 aliphatic rings. The van der Waals surface area contributed by atoms with Gasteiger partial charge in [0.05, 0.1) is 12.0 Å². The molecule has 0 spiro atoms. The number of hydrogen-bond donors (Lipinski definition) is 2. The van der Waals surface area contributed by atoms with Crippen LogP contribution >= 0.6 is 0 Å². The highest BCUT2D eigenvalue weighted by molar-refractivity contribution is 5.86. The van der Waals surface area contributed by atoms with Crippen molar-refractivity contribution in [1.29, 1.82) is 0 Å². The average Bonchev–Trinajstić information content (AvgIpc) is 2.30. The van der Waals surface area contributed by atoms with Gasteiger partial charge in [0.25, 0.3) is 5.91 Å². The number of hydrazine groups is 1. The van der Waals surface area contributed by atoms with Gasteiger partial charge in [0.1, 0.15) is 0 Å². The Bertz CT molecular complexity index is 484. The molecule has 0 radical (unpaired) electrons. The molecule has 4 atom stereocenters. The van der Waals surface area contributed by atoms with Gasteiger partial charge in [-0.05, 0) is 69.4 Å². The van der Waals surface area contributed by atoms with Crippen LogP contribution in [0.5, 0.6) is 0 Å². The van der Waals surface area contributed by atoms with E-state index in [9.17, 15) is 9.59 Å². The van der Waals surface area contributed by atoms with Crippen molar-refractivity contribution in [2.75, 3.05) is 20.6 Å². The number of carbonyl (C=O) groups is 2. The van der Waals surface area contributed by atoms with E-state index in [2.05, 4.69) is 24.7 Å². The van der Waals surface area contributed by atoms with Gasteiger partial charge in [0.15, 0.2) is 0 Å². The van der Waals surface area contributed by atoms with E-state index in [1.54, 1.807) is 4.90 Å². The number of nitrogens with zero attached hydrogens (tertiary/aromatic N) is 1. The summed E-state index contributed by atoms with van der Waals surface area (Å²) in [7, 11) is 3.67. The van der Waals surface area contributed by atoms with Crippen LogP contribution in [0.25, 0.3) is 0 Å². The topological polar surface area (TPSA) is 61.4 Å². The molecular formula is C17H29N3O2. The van der Waals surface area contributed by atoms with Crippen molar-refractivity contribution in [3.63, 3.8) is 0 Å². The van der Waals surface area contributed by atoms with Crippen LogP contribution < -0.4 is 10.9 Å². The third-order valence-electron chi connectivity index (χ3n) is 5.88. The molecule has 5 heteroatoms. The second-order valence-corrected chi connectivity index (χ2v) is 9.15. The van der Waals surface area contributed by atoms with Crippen molar-refractivity contribution >= 4 is 11.8 Å². The summed E-state index contributed by atoms with van der Waals surface area (Å²) >= 11 is 0. The van der Waals surface area contributed by atoms with Crippen molar-refractivity contribution in [3.05, 3.63) is 0 Å². The van der Waals surface area contributed by atoms with E-state index in [4.69, 9.17) is 0 Å². The lowest BCUT2D eigenvalue weighted by atomic mass is 9.40. The Morgan fingerprint density at radius 1 is 1.00 bits per heavy atom. The minimum atomic E-state index is -0.270. The van der Waals surface area contributed by atoms with Crippen LogP contribution in [0, 0.1) is 22.2 Å². The van der Waals surface area contributed by atoms with Crippen LogP contribution in [0.1, 0.15) is 52.4 Å². The van der Waals surface area contributed by atoms with Gasteiger partial charge in [0, 0.05) is 0 Å². The molecule has 0 aromatic heterocycles. The van der Waals surface area contributed by atoms with Gasteiger partial charge in [-0.25, -0.2) is 0 Å². The van der Waals surface area contributed by atoms with Gasteiger partial charge in [-0.15, -0.1) is 0 Å². The van der Waals surface area contributed by atoms with E-state index in [0.29, 0.717) is 16.7 Å². The quantitative estimate of drug-likeness (QED) is 0.780. The number of carbonyl (C=O) groups excluding carboxylic acids is 2. The number of hydrogen-bond acceptors (Lipinski definition) is 3. The monoisotopic (exact) mass is 307 g/mol. The van der Waals surface area contributed by atoms with E-state index in [1.807, 2.05) is 14.1 Å². The molecule has 5 nitrogen and oxygen atoms in total. The first-order valence-corrected chi connectivity index (χ1v) is 8.38. The van der Waals surface area contributed by atoms with Crippen LogP contribution in [-0.4, -0.2) is 37.4 Å². The Morgan fingerprint density at radius 2 is 1.59 bits per heavy atom. The van der Waals surface area contributed by atoms with Gasteiger partial charge in [-0.2, -0.15) is 0 Å². The normalized spacial score (nSPS) is 42.5. The van der Waals surface area contributed by atoms with E-state index < -0.39 is 0 Å². The highest BCUT2D eigenvalue weighted by atomic mass is 16.2. The summed E-state index contributed by atoms with van der Waals surface area (Å²) in [6, 6.07) is 0. The summed E-state index contributed by atoms with van der Waals surface area (Å²) in [5.74, 6) is 0.538. The van der Waals surface area contributed by atoms with Crippen molar-refractivity contribution in [1.82, 2.24) is 15.8 Å². The second-order valence-electron chi connectivity index (χ2n) is 9.15. The molecule has 2 N–H and O–H groups in total. The Morgan fingerprint density at radius 3 is 2.09 bits per heavy atom. The summed E-state index contributed by atoms with van der Waals surface area (Å²) in [6.07, 6.45) is 6.73. The molecule has 4 saturated carbocycles. The van der Waals surface area contributed by atoms with Gasteiger partial charge < -0.3 is 4.90 Å². The van der Waals surface area contributed by atoms with Gasteiger partial charge >= 0.3 is 0 Å². The molecule has 4 rings (SSSR count). The van der Waals surface area contributed by atoms with Crippen LogP contribution in [0.4, 0.5) is 0 Å². The zero-order chi connectivity index (χ0) is 16.2. The van der Waals surface area contributed by atoms with Gasteiger partial charge in [0.2, 0.25) is 5.91 Å². The molecule has 4 aliphatic carbocycles. The molecule has 4 bridgehead atoms. The van der Waals surface area contributed by atoms with Crippen molar-refractivity contribution in [3.8, 4) is 0 Å². The molecule has 0 saturated heterocycles. The van der Waals surface area contributed by atoms with Gasteiger partial charge in [-0.3, -0.25) is 20.4 Å². The third kappa shape index (κ3) is 2.75. The molecule has 2 amide bonds. The van der Waals surface area contributed by atoms with E-state index in [0.717, 1.165) is 19.3 Å². The number of rotatable bonds is 3. The largest absolute Gasteiger partial charge is 0.301 e. The molecule has 0 heterocycles. The first kappa shape index (κ1) is 15.8. The minimum absolute atomic E-state index is 0.0288. The molecule has 0 aliphatic heterocycles. The summed E-state index contributed by atoms with van der Waals surface area (Å²) in [4.78, 5) is 26.4. The van der Waals surface area contributed by atoms with E-state index >= 15 is 0 Å².